The SMILES string of the molecule is CC(C)Cn1cc(C(C)(C)C)s/c1=N\C(=O)c1cc(C(F)(F)F)ccc1OCC(F)(F)F. The van der Waals surface area contributed by atoms with Crippen molar-refractivity contribution in [2.75, 3.05) is 6.61 Å². The molecular formula is C21H24F6N2O2S. The lowest BCUT2D eigenvalue weighted by Gasteiger charge is -2.14. The molecule has 1 amide bonds. The van der Waals surface area contributed by atoms with E-state index in [2.05, 4.69) is 9.73 Å². The summed E-state index contributed by atoms with van der Waals surface area (Å²) in [5, 5.41) is 0. The Balaban J connectivity index is 2.60. The van der Waals surface area contributed by atoms with E-state index >= 15 is 0 Å². The van der Waals surface area contributed by atoms with Gasteiger partial charge in [-0.3, -0.25) is 4.79 Å². The van der Waals surface area contributed by atoms with Crippen molar-refractivity contribution in [3.8, 4) is 5.75 Å². The average molecular weight is 482 g/mol. The maximum atomic E-state index is 13.1. The molecule has 2 aromatic rings. The topological polar surface area (TPSA) is 43.6 Å². The van der Waals surface area contributed by atoms with Crippen LogP contribution < -0.4 is 9.54 Å². The lowest BCUT2D eigenvalue weighted by molar-refractivity contribution is -0.153. The summed E-state index contributed by atoms with van der Waals surface area (Å²) in [6, 6.07) is 1.72. The lowest BCUT2D eigenvalue weighted by atomic mass is 9.95. The third-order valence-corrected chi connectivity index (χ3v) is 5.59. The molecule has 11 heteroatoms. The van der Waals surface area contributed by atoms with Crippen molar-refractivity contribution < 1.29 is 35.9 Å². The Morgan fingerprint density at radius 3 is 2.25 bits per heavy atom. The van der Waals surface area contributed by atoms with Crippen LogP contribution in [0.4, 0.5) is 26.3 Å². The number of amides is 1. The zero-order chi connectivity index (χ0) is 24.5. The third kappa shape index (κ3) is 7.11. The molecule has 178 valence electrons. The molecule has 2 rings (SSSR count). The van der Waals surface area contributed by atoms with Crippen LogP contribution in [0.1, 0.15) is 55.4 Å². The first kappa shape index (κ1) is 26.0. The number of nitrogens with zero attached hydrogens (tertiary/aromatic N) is 2. The summed E-state index contributed by atoms with van der Waals surface area (Å²) in [6.07, 6.45) is -7.70. The summed E-state index contributed by atoms with van der Waals surface area (Å²) in [4.78, 5) is 17.9. The Hall–Kier alpha value is -2.30. The van der Waals surface area contributed by atoms with E-state index in [0.717, 1.165) is 4.88 Å². The second-order valence-electron chi connectivity index (χ2n) is 8.70. The first-order valence-electron chi connectivity index (χ1n) is 9.68. The fourth-order valence-corrected chi connectivity index (χ4v) is 3.70. The van der Waals surface area contributed by atoms with Crippen LogP contribution in [0.15, 0.2) is 29.4 Å². The number of hydrogen-bond acceptors (Lipinski definition) is 3. The highest BCUT2D eigenvalue weighted by Crippen LogP contribution is 2.33. The third-order valence-electron chi connectivity index (χ3n) is 4.15. The minimum atomic E-state index is -4.79. The molecule has 1 aromatic heterocycles. The maximum Gasteiger partial charge on any atom is 0.422 e. The summed E-state index contributed by atoms with van der Waals surface area (Å²) >= 11 is 1.20. The molecule has 0 aliphatic carbocycles. The van der Waals surface area contributed by atoms with E-state index < -0.39 is 41.7 Å². The highest BCUT2D eigenvalue weighted by atomic mass is 32.1. The predicted octanol–water partition coefficient (Wildman–Crippen LogP) is 6.20. The summed E-state index contributed by atoms with van der Waals surface area (Å²) < 4.78 is 83.4. The smallest absolute Gasteiger partial charge is 0.422 e. The number of benzene rings is 1. The quantitative estimate of drug-likeness (QED) is 0.476. The Bertz CT molecular complexity index is 1030. The van der Waals surface area contributed by atoms with Gasteiger partial charge in [0.25, 0.3) is 5.91 Å². The largest absolute Gasteiger partial charge is 0.483 e. The van der Waals surface area contributed by atoms with Gasteiger partial charge in [-0.05, 0) is 29.5 Å². The predicted molar refractivity (Wildman–Crippen MR) is 109 cm³/mol. The molecule has 1 aromatic carbocycles. The number of rotatable bonds is 5. The van der Waals surface area contributed by atoms with Crippen molar-refractivity contribution in [3.63, 3.8) is 0 Å². The summed E-state index contributed by atoms with van der Waals surface area (Å²) in [6.45, 7) is 8.52. The van der Waals surface area contributed by atoms with Gasteiger partial charge in [0.2, 0.25) is 0 Å². The molecule has 0 unspecified atom stereocenters. The van der Waals surface area contributed by atoms with Crippen LogP contribution in [0, 0.1) is 5.92 Å². The highest BCUT2D eigenvalue weighted by molar-refractivity contribution is 7.09. The molecular weight excluding hydrogens is 458 g/mol. The number of halogens is 6. The first-order valence-corrected chi connectivity index (χ1v) is 10.5. The Morgan fingerprint density at radius 1 is 1.12 bits per heavy atom. The summed E-state index contributed by atoms with van der Waals surface area (Å²) in [5.41, 5.74) is -2.14. The molecule has 0 atom stereocenters. The molecule has 0 radical (unpaired) electrons. The number of ether oxygens (including phenoxy) is 1. The van der Waals surface area contributed by atoms with Crippen molar-refractivity contribution in [1.29, 1.82) is 0 Å². The Kier molecular flexibility index (Phi) is 7.53. The molecule has 0 aliphatic heterocycles. The molecule has 0 spiro atoms. The van der Waals surface area contributed by atoms with Gasteiger partial charge >= 0.3 is 12.4 Å². The van der Waals surface area contributed by atoms with E-state index in [1.54, 1.807) is 4.57 Å². The number of aromatic nitrogens is 1. The second kappa shape index (κ2) is 9.29. The van der Waals surface area contributed by atoms with E-state index in [0.29, 0.717) is 24.7 Å². The van der Waals surface area contributed by atoms with Crippen molar-refractivity contribution in [1.82, 2.24) is 4.57 Å². The number of alkyl halides is 6. The molecule has 4 nitrogen and oxygen atoms in total. The number of thiazole rings is 1. The van der Waals surface area contributed by atoms with Gasteiger partial charge in [0.15, 0.2) is 11.4 Å². The Morgan fingerprint density at radius 2 is 1.75 bits per heavy atom. The molecule has 0 fully saturated rings. The molecule has 0 N–H and O–H groups in total. The maximum absolute atomic E-state index is 13.1. The van der Waals surface area contributed by atoms with Gasteiger partial charge < -0.3 is 9.30 Å². The summed E-state index contributed by atoms with van der Waals surface area (Å²) in [7, 11) is 0. The summed E-state index contributed by atoms with van der Waals surface area (Å²) in [5.74, 6) is -1.55. The van der Waals surface area contributed by atoms with Gasteiger partial charge in [-0.15, -0.1) is 11.3 Å². The minimum absolute atomic E-state index is 0.186. The molecule has 0 saturated carbocycles. The van der Waals surface area contributed by atoms with Crippen molar-refractivity contribution in [2.45, 2.75) is 58.9 Å². The van der Waals surface area contributed by atoms with Gasteiger partial charge in [-0.1, -0.05) is 34.6 Å². The zero-order valence-corrected chi connectivity index (χ0v) is 19.0. The van der Waals surface area contributed by atoms with E-state index in [9.17, 15) is 31.1 Å². The van der Waals surface area contributed by atoms with Crippen LogP contribution in [-0.4, -0.2) is 23.3 Å². The van der Waals surface area contributed by atoms with E-state index in [-0.39, 0.29) is 16.1 Å². The zero-order valence-electron chi connectivity index (χ0n) is 18.2. The van der Waals surface area contributed by atoms with Crippen LogP contribution in [0.2, 0.25) is 0 Å². The van der Waals surface area contributed by atoms with E-state index in [1.807, 2.05) is 40.8 Å². The fourth-order valence-electron chi connectivity index (χ4n) is 2.64. The molecule has 0 aliphatic rings. The number of hydrogen-bond donors (Lipinski definition) is 0. The molecule has 0 bridgehead atoms. The van der Waals surface area contributed by atoms with Crippen molar-refractivity contribution >= 4 is 17.2 Å². The minimum Gasteiger partial charge on any atom is -0.483 e. The van der Waals surface area contributed by atoms with E-state index in [1.165, 1.54) is 11.3 Å². The fraction of sp³-hybridized carbons (Fsp3) is 0.524. The molecule has 1 heterocycles. The lowest BCUT2D eigenvalue weighted by Crippen LogP contribution is -2.21. The van der Waals surface area contributed by atoms with Crippen LogP contribution >= 0.6 is 11.3 Å². The van der Waals surface area contributed by atoms with Crippen LogP contribution in [0.5, 0.6) is 5.75 Å². The highest BCUT2D eigenvalue weighted by Gasteiger charge is 2.33. The first-order chi connectivity index (χ1) is 14.5. The number of carbonyl (C=O) groups is 1. The van der Waals surface area contributed by atoms with Gasteiger partial charge in [0.05, 0.1) is 11.1 Å². The van der Waals surface area contributed by atoms with Crippen molar-refractivity contribution in [3.05, 3.63) is 45.2 Å². The van der Waals surface area contributed by atoms with E-state index in [4.69, 9.17) is 0 Å². The monoisotopic (exact) mass is 482 g/mol. The average Bonchev–Trinajstić information content (AvgIpc) is 3.00. The van der Waals surface area contributed by atoms with Gasteiger partial charge in [-0.2, -0.15) is 31.3 Å². The van der Waals surface area contributed by atoms with Gasteiger partial charge in [-0.25, -0.2) is 0 Å². The van der Waals surface area contributed by atoms with Gasteiger partial charge in [0.1, 0.15) is 5.75 Å². The molecule has 0 saturated heterocycles. The standard InChI is InChI=1S/C21H24F6N2O2S/c1-12(2)9-29-10-16(19(3,4)5)32-18(29)28-17(30)14-8-13(21(25,26)27)6-7-15(14)31-11-20(22,23)24/h6-8,10,12H,9,11H2,1-5H3/b28-18-. The van der Waals surface area contributed by atoms with Crippen LogP contribution in [0.25, 0.3) is 0 Å². The number of carbonyl (C=O) groups excluding carboxylic acids is 1. The Labute approximate surface area is 185 Å². The van der Waals surface area contributed by atoms with Gasteiger partial charge in [0, 0.05) is 17.6 Å². The normalized spacial score (nSPS) is 13.7. The van der Waals surface area contributed by atoms with Crippen LogP contribution in [-0.2, 0) is 18.1 Å². The second-order valence-corrected chi connectivity index (χ2v) is 9.71. The van der Waals surface area contributed by atoms with Crippen molar-refractivity contribution in [2.24, 2.45) is 10.9 Å². The van der Waals surface area contributed by atoms with Crippen LogP contribution in [0.3, 0.4) is 0 Å². The molecule has 32 heavy (non-hydrogen) atoms.